The van der Waals surface area contributed by atoms with Gasteiger partial charge >= 0.3 is 10.1 Å². The van der Waals surface area contributed by atoms with Crippen molar-refractivity contribution in [1.29, 1.82) is 5.26 Å². The summed E-state index contributed by atoms with van der Waals surface area (Å²) in [5, 5.41) is 9.32. The van der Waals surface area contributed by atoms with Crippen LogP contribution in [0, 0.1) is 11.3 Å². The number of benzene rings is 2. The smallest absolute Gasteiger partial charge is 0.339 e. The van der Waals surface area contributed by atoms with Gasteiger partial charge in [0.2, 0.25) is 0 Å². The Bertz CT molecular complexity index is 933. The van der Waals surface area contributed by atoms with E-state index in [-0.39, 0.29) is 31.8 Å². The van der Waals surface area contributed by atoms with E-state index in [0.717, 1.165) is 6.07 Å². The Morgan fingerprint density at radius 2 is 1.87 bits per heavy atom. The van der Waals surface area contributed by atoms with E-state index >= 15 is 0 Å². The number of nitrogens with zero attached hydrogens (tertiary/aromatic N) is 1. The van der Waals surface area contributed by atoms with E-state index in [1.54, 1.807) is 6.07 Å². The molecule has 0 aromatic heterocycles. The van der Waals surface area contributed by atoms with Gasteiger partial charge in [0.25, 0.3) is 0 Å². The Kier molecular flexibility index (Phi) is 4.95. The molecule has 2 aromatic rings. The Labute approximate surface area is 143 Å². The summed E-state index contributed by atoms with van der Waals surface area (Å²) < 4.78 is 29.7. The summed E-state index contributed by atoms with van der Waals surface area (Å²) >= 11 is 11.6. The molecule has 5 nitrogen and oxygen atoms in total. The SMILES string of the molecule is CC(=O)c1cc(Cl)ccc1OS(=O)(=O)c1ccc(Cl)c(C#N)c1. The van der Waals surface area contributed by atoms with Crippen molar-refractivity contribution in [3.05, 3.63) is 57.6 Å². The number of halogens is 2. The van der Waals surface area contributed by atoms with Crippen molar-refractivity contribution in [2.24, 2.45) is 0 Å². The maximum absolute atomic E-state index is 12.3. The van der Waals surface area contributed by atoms with E-state index in [0.29, 0.717) is 0 Å². The molecule has 0 aliphatic heterocycles. The van der Waals surface area contributed by atoms with Crippen LogP contribution in [-0.4, -0.2) is 14.2 Å². The third-order valence-electron chi connectivity index (χ3n) is 2.87. The average molecular weight is 370 g/mol. The molecule has 0 amide bonds. The van der Waals surface area contributed by atoms with Gasteiger partial charge in [0.1, 0.15) is 11.0 Å². The normalized spacial score (nSPS) is 10.9. The number of rotatable bonds is 4. The summed E-state index contributed by atoms with van der Waals surface area (Å²) in [7, 11) is -4.24. The molecule has 0 fully saturated rings. The number of Topliss-reactive ketones (excluding diaryl/α,β-unsaturated/α-hetero) is 1. The van der Waals surface area contributed by atoms with Gasteiger partial charge < -0.3 is 4.18 Å². The number of ketones is 1. The second-order valence-electron chi connectivity index (χ2n) is 4.49. The Balaban J connectivity index is 2.48. The second-order valence-corrected chi connectivity index (χ2v) is 6.88. The van der Waals surface area contributed by atoms with Crippen LogP contribution in [0.25, 0.3) is 0 Å². The molecule has 0 radical (unpaired) electrons. The predicted molar refractivity (Wildman–Crippen MR) is 85.4 cm³/mol. The molecule has 2 aromatic carbocycles. The van der Waals surface area contributed by atoms with Gasteiger partial charge in [-0.25, -0.2) is 0 Å². The van der Waals surface area contributed by atoms with Crippen molar-refractivity contribution in [3.63, 3.8) is 0 Å². The van der Waals surface area contributed by atoms with E-state index in [1.165, 1.54) is 37.3 Å². The first-order valence-electron chi connectivity index (χ1n) is 6.19. The lowest BCUT2D eigenvalue weighted by molar-refractivity contribution is 0.101. The average Bonchev–Trinajstić information content (AvgIpc) is 2.49. The predicted octanol–water partition coefficient (Wildman–Crippen LogP) is 3.84. The molecule has 0 atom stereocenters. The molecule has 0 N–H and O–H groups in total. The Morgan fingerprint density at radius 3 is 2.48 bits per heavy atom. The number of carbonyl (C=O) groups excluding carboxylic acids is 1. The number of carbonyl (C=O) groups is 1. The standard InChI is InChI=1S/C15H9Cl2NO4S/c1-9(19)13-7-11(16)2-5-15(13)22-23(20,21)12-3-4-14(17)10(6-12)8-18/h2-7H,1H3. The molecule has 2 rings (SSSR count). The van der Waals surface area contributed by atoms with Gasteiger partial charge in [-0.05, 0) is 43.3 Å². The van der Waals surface area contributed by atoms with E-state index < -0.39 is 15.9 Å². The fraction of sp³-hybridized carbons (Fsp3) is 0.0667. The van der Waals surface area contributed by atoms with Crippen molar-refractivity contribution in [2.75, 3.05) is 0 Å². The lowest BCUT2D eigenvalue weighted by atomic mass is 10.1. The van der Waals surface area contributed by atoms with Crippen LogP contribution in [0.1, 0.15) is 22.8 Å². The van der Waals surface area contributed by atoms with Gasteiger partial charge in [0.15, 0.2) is 11.5 Å². The minimum atomic E-state index is -4.24. The summed E-state index contributed by atoms with van der Waals surface area (Å²) in [5.41, 5.74) is 0.0368. The molecule has 0 heterocycles. The van der Waals surface area contributed by atoms with E-state index in [2.05, 4.69) is 0 Å². The molecule has 0 saturated heterocycles. The van der Waals surface area contributed by atoms with E-state index in [4.69, 9.17) is 32.6 Å². The fourth-order valence-electron chi connectivity index (χ4n) is 1.76. The van der Waals surface area contributed by atoms with Crippen LogP contribution in [0.15, 0.2) is 41.3 Å². The summed E-state index contributed by atoms with van der Waals surface area (Å²) in [6, 6.07) is 9.39. The van der Waals surface area contributed by atoms with Gasteiger partial charge in [-0.1, -0.05) is 23.2 Å². The zero-order chi connectivity index (χ0) is 17.2. The number of hydrogen-bond acceptors (Lipinski definition) is 5. The molecular formula is C15H9Cl2NO4S. The van der Waals surface area contributed by atoms with Crippen LogP contribution < -0.4 is 4.18 Å². The topological polar surface area (TPSA) is 84.2 Å². The second kappa shape index (κ2) is 6.59. The molecule has 8 heteroatoms. The van der Waals surface area contributed by atoms with Crippen molar-refractivity contribution < 1.29 is 17.4 Å². The van der Waals surface area contributed by atoms with Crippen LogP contribution in [0.5, 0.6) is 5.75 Å². The molecule has 0 aliphatic carbocycles. The van der Waals surface area contributed by atoms with Crippen molar-refractivity contribution in [3.8, 4) is 11.8 Å². The van der Waals surface area contributed by atoms with Gasteiger partial charge in [-0.15, -0.1) is 0 Å². The maximum atomic E-state index is 12.3. The first-order chi connectivity index (χ1) is 10.7. The highest BCUT2D eigenvalue weighted by Crippen LogP contribution is 2.28. The summed E-state index contributed by atoms with van der Waals surface area (Å²) in [5.74, 6) is -0.540. The van der Waals surface area contributed by atoms with Crippen LogP contribution >= 0.6 is 23.2 Å². The molecule has 118 valence electrons. The first kappa shape index (κ1) is 17.3. The lowest BCUT2D eigenvalue weighted by Gasteiger charge is -2.10. The highest BCUT2D eigenvalue weighted by atomic mass is 35.5. The van der Waals surface area contributed by atoms with Crippen molar-refractivity contribution in [1.82, 2.24) is 0 Å². The summed E-state index contributed by atoms with van der Waals surface area (Å²) in [4.78, 5) is 11.3. The molecule has 0 saturated carbocycles. The van der Waals surface area contributed by atoms with Gasteiger partial charge in [0, 0.05) is 5.02 Å². The van der Waals surface area contributed by atoms with Gasteiger partial charge in [-0.3, -0.25) is 4.79 Å². The van der Waals surface area contributed by atoms with Crippen molar-refractivity contribution >= 4 is 39.1 Å². The molecule has 0 unspecified atom stereocenters. The third-order valence-corrected chi connectivity index (χ3v) is 4.66. The number of nitriles is 1. The molecule has 0 spiro atoms. The molecular weight excluding hydrogens is 361 g/mol. The number of hydrogen-bond donors (Lipinski definition) is 0. The quantitative estimate of drug-likeness (QED) is 0.603. The molecule has 0 aliphatic rings. The summed E-state index contributed by atoms with van der Waals surface area (Å²) in [6.07, 6.45) is 0. The first-order valence-corrected chi connectivity index (χ1v) is 8.35. The van der Waals surface area contributed by atoms with Crippen LogP contribution in [0.3, 0.4) is 0 Å². The molecule has 23 heavy (non-hydrogen) atoms. The minimum Gasteiger partial charge on any atom is -0.378 e. The highest BCUT2D eigenvalue weighted by molar-refractivity contribution is 7.87. The fourth-order valence-corrected chi connectivity index (χ4v) is 3.07. The van der Waals surface area contributed by atoms with E-state index in [1.807, 2.05) is 0 Å². The zero-order valence-electron chi connectivity index (χ0n) is 11.7. The van der Waals surface area contributed by atoms with Crippen LogP contribution in [-0.2, 0) is 10.1 Å². The van der Waals surface area contributed by atoms with Crippen molar-refractivity contribution in [2.45, 2.75) is 11.8 Å². The lowest BCUT2D eigenvalue weighted by Crippen LogP contribution is -2.12. The summed E-state index contributed by atoms with van der Waals surface area (Å²) in [6.45, 7) is 1.27. The largest absolute Gasteiger partial charge is 0.378 e. The van der Waals surface area contributed by atoms with Crippen LogP contribution in [0.4, 0.5) is 0 Å². The maximum Gasteiger partial charge on any atom is 0.339 e. The highest BCUT2D eigenvalue weighted by Gasteiger charge is 2.21. The van der Waals surface area contributed by atoms with Gasteiger partial charge in [0.05, 0.1) is 16.1 Å². The Morgan fingerprint density at radius 1 is 1.17 bits per heavy atom. The van der Waals surface area contributed by atoms with Crippen LogP contribution in [0.2, 0.25) is 10.0 Å². The van der Waals surface area contributed by atoms with Gasteiger partial charge in [-0.2, -0.15) is 13.7 Å². The molecule has 0 bridgehead atoms. The zero-order valence-corrected chi connectivity index (χ0v) is 14.0. The van der Waals surface area contributed by atoms with E-state index in [9.17, 15) is 13.2 Å². The Hall–Kier alpha value is -2.07. The monoisotopic (exact) mass is 369 g/mol. The third kappa shape index (κ3) is 3.82. The minimum absolute atomic E-state index is 0.000704.